The Balaban J connectivity index is 1.98. The molecule has 0 radical (unpaired) electrons. The predicted octanol–water partition coefficient (Wildman–Crippen LogP) is 2.33. The summed E-state index contributed by atoms with van der Waals surface area (Å²) >= 11 is 0. The Kier molecular flexibility index (Phi) is 4.12. The Labute approximate surface area is 135 Å². The number of amides is 1. The van der Waals surface area contributed by atoms with Gasteiger partial charge in [-0.2, -0.15) is 5.10 Å². The summed E-state index contributed by atoms with van der Waals surface area (Å²) in [6.45, 7) is 2.12. The Morgan fingerprint density at radius 1 is 1.26 bits per heavy atom. The van der Waals surface area contributed by atoms with E-state index in [2.05, 4.69) is 29.5 Å². The minimum absolute atomic E-state index is 0.201. The molecule has 23 heavy (non-hydrogen) atoms. The van der Waals surface area contributed by atoms with Crippen LogP contribution in [0.3, 0.4) is 0 Å². The number of hydrogen-bond donors (Lipinski definition) is 2. The van der Waals surface area contributed by atoms with Gasteiger partial charge in [-0.05, 0) is 37.2 Å². The topological polar surface area (TPSA) is 72.9 Å². The number of carbonyl (C=O) groups excluding carboxylic acids is 1. The molecule has 1 atom stereocenters. The van der Waals surface area contributed by atoms with E-state index in [1.165, 1.54) is 5.56 Å². The van der Waals surface area contributed by atoms with E-state index in [1.54, 1.807) is 0 Å². The number of rotatable bonds is 5. The summed E-state index contributed by atoms with van der Waals surface area (Å²) < 4.78 is 1.84. The Bertz CT molecular complexity index is 836. The number of nitrogens with two attached hydrogens (primary N) is 1. The van der Waals surface area contributed by atoms with Crippen LogP contribution in [-0.4, -0.2) is 22.7 Å². The van der Waals surface area contributed by atoms with Gasteiger partial charge in [-0.25, -0.2) is 4.68 Å². The molecule has 3 N–H and O–H groups in total. The van der Waals surface area contributed by atoms with Gasteiger partial charge in [0.25, 0.3) is 0 Å². The molecular weight excluding hydrogens is 288 g/mol. The van der Waals surface area contributed by atoms with Crippen molar-refractivity contribution in [1.82, 2.24) is 15.1 Å². The quantitative estimate of drug-likeness (QED) is 0.760. The molecule has 3 aromatic rings. The van der Waals surface area contributed by atoms with E-state index in [0.29, 0.717) is 6.04 Å². The predicted molar refractivity (Wildman–Crippen MR) is 91.4 cm³/mol. The highest BCUT2D eigenvalue weighted by Gasteiger charge is 2.09. The summed E-state index contributed by atoms with van der Waals surface area (Å²) in [6, 6.07) is 14.4. The third-order valence-electron chi connectivity index (χ3n) is 4.08. The number of aromatic nitrogens is 2. The van der Waals surface area contributed by atoms with Crippen molar-refractivity contribution in [2.45, 2.75) is 19.4 Å². The van der Waals surface area contributed by atoms with Crippen molar-refractivity contribution >= 4 is 16.8 Å². The van der Waals surface area contributed by atoms with Crippen LogP contribution in [0.2, 0.25) is 0 Å². The zero-order chi connectivity index (χ0) is 16.4. The van der Waals surface area contributed by atoms with Crippen molar-refractivity contribution in [2.75, 3.05) is 7.05 Å². The molecule has 0 fully saturated rings. The van der Waals surface area contributed by atoms with Crippen LogP contribution in [0.4, 0.5) is 0 Å². The van der Waals surface area contributed by atoms with Crippen LogP contribution in [-0.2, 0) is 11.2 Å². The van der Waals surface area contributed by atoms with Gasteiger partial charge in [-0.15, -0.1) is 0 Å². The zero-order valence-electron chi connectivity index (χ0n) is 13.3. The lowest BCUT2D eigenvalue weighted by Gasteiger charge is -2.11. The van der Waals surface area contributed by atoms with E-state index < -0.39 is 0 Å². The van der Waals surface area contributed by atoms with E-state index in [4.69, 9.17) is 5.73 Å². The van der Waals surface area contributed by atoms with E-state index in [1.807, 2.05) is 48.3 Å². The molecule has 1 aromatic heterocycles. The molecule has 0 aliphatic heterocycles. The van der Waals surface area contributed by atoms with Crippen LogP contribution in [0.15, 0.2) is 48.7 Å². The molecule has 2 aromatic carbocycles. The van der Waals surface area contributed by atoms with Gasteiger partial charge in [0.15, 0.2) is 0 Å². The molecule has 1 amide bonds. The van der Waals surface area contributed by atoms with Crippen molar-refractivity contribution in [2.24, 2.45) is 5.73 Å². The Hall–Kier alpha value is -2.66. The van der Waals surface area contributed by atoms with E-state index >= 15 is 0 Å². The molecule has 0 saturated carbocycles. The number of carbonyl (C=O) groups is 1. The summed E-state index contributed by atoms with van der Waals surface area (Å²) in [6.07, 6.45) is 2.17. The first-order valence-electron chi connectivity index (χ1n) is 7.61. The van der Waals surface area contributed by atoms with Crippen LogP contribution in [0.5, 0.6) is 0 Å². The minimum Gasteiger partial charge on any atom is -0.369 e. The number of hydrogen-bond acceptors (Lipinski definition) is 3. The highest BCUT2D eigenvalue weighted by Crippen LogP contribution is 2.21. The largest absolute Gasteiger partial charge is 0.369 e. The summed E-state index contributed by atoms with van der Waals surface area (Å²) in [5, 5.41) is 8.84. The molecule has 0 aliphatic carbocycles. The molecule has 5 nitrogen and oxygen atoms in total. The van der Waals surface area contributed by atoms with Crippen molar-refractivity contribution in [3.05, 3.63) is 59.8 Å². The number of nitrogens with one attached hydrogen (secondary N) is 1. The fourth-order valence-electron chi connectivity index (χ4n) is 2.65. The van der Waals surface area contributed by atoms with Gasteiger partial charge in [0.05, 0.1) is 17.6 Å². The van der Waals surface area contributed by atoms with Crippen LogP contribution in [0, 0.1) is 0 Å². The first-order valence-corrected chi connectivity index (χ1v) is 7.61. The fraction of sp³-hybridized carbons (Fsp3) is 0.222. The minimum atomic E-state index is -0.350. The second-order valence-electron chi connectivity index (χ2n) is 5.67. The Morgan fingerprint density at radius 3 is 2.65 bits per heavy atom. The molecular formula is C18H20N4O. The van der Waals surface area contributed by atoms with Crippen LogP contribution in [0.25, 0.3) is 16.6 Å². The van der Waals surface area contributed by atoms with Crippen molar-refractivity contribution < 1.29 is 4.79 Å². The van der Waals surface area contributed by atoms with Crippen molar-refractivity contribution in [1.29, 1.82) is 0 Å². The van der Waals surface area contributed by atoms with Crippen molar-refractivity contribution in [3.8, 4) is 5.69 Å². The molecule has 1 unspecified atom stereocenters. The molecule has 0 bridgehead atoms. The van der Waals surface area contributed by atoms with Gasteiger partial charge >= 0.3 is 0 Å². The van der Waals surface area contributed by atoms with E-state index in [0.717, 1.165) is 22.2 Å². The third kappa shape index (κ3) is 3.10. The number of benzene rings is 2. The highest BCUT2D eigenvalue weighted by atomic mass is 16.1. The standard InChI is InChI=1S/C18H20N4O/c1-12(20-2)13-6-8-16(9-7-13)22-11-15-5-3-4-14(10-17(19)23)18(15)21-22/h3-9,11-12,20H,10H2,1-2H3,(H2,19,23). The fourth-order valence-corrected chi connectivity index (χ4v) is 2.65. The molecule has 3 rings (SSSR count). The SMILES string of the molecule is CNC(C)c1ccc(-n2cc3cccc(CC(N)=O)c3n2)cc1. The normalized spacial score (nSPS) is 12.4. The number of fused-ring (bicyclic) bond motifs is 1. The van der Waals surface area contributed by atoms with Gasteiger partial charge in [-0.3, -0.25) is 4.79 Å². The number of nitrogens with zero attached hydrogens (tertiary/aromatic N) is 2. The van der Waals surface area contributed by atoms with Gasteiger partial charge in [0.1, 0.15) is 0 Å². The maximum absolute atomic E-state index is 11.2. The number of primary amides is 1. The van der Waals surface area contributed by atoms with Gasteiger partial charge < -0.3 is 11.1 Å². The molecule has 1 heterocycles. The second kappa shape index (κ2) is 6.22. The lowest BCUT2D eigenvalue weighted by molar-refractivity contribution is -0.117. The second-order valence-corrected chi connectivity index (χ2v) is 5.67. The summed E-state index contributed by atoms with van der Waals surface area (Å²) in [7, 11) is 1.94. The maximum atomic E-state index is 11.2. The van der Waals surface area contributed by atoms with Crippen LogP contribution < -0.4 is 11.1 Å². The monoisotopic (exact) mass is 308 g/mol. The summed E-state index contributed by atoms with van der Waals surface area (Å²) in [5.74, 6) is -0.350. The zero-order valence-corrected chi connectivity index (χ0v) is 13.3. The first-order chi connectivity index (χ1) is 11.1. The molecule has 0 saturated heterocycles. The lowest BCUT2D eigenvalue weighted by atomic mass is 10.1. The van der Waals surface area contributed by atoms with Gasteiger partial charge in [0.2, 0.25) is 5.91 Å². The van der Waals surface area contributed by atoms with Gasteiger partial charge in [-0.1, -0.05) is 30.3 Å². The highest BCUT2D eigenvalue weighted by molar-refractivity contribution is 5.87. The molecule has 0 spiro atoms. The maximum Gasteiger partial charge on any atom is 0.221 e. The first kappa shape index (κ1) is 15.2. The molecule has 5 heteroatoms. The van der Waals surface area contributed by atoms with Crippen LogP contribution in [0.1, 0.15) is 24.1 Å². The summed E-state index contributed by atoms with van der Waals surface area (Å²) in [4.78, 5) is 11.2. The Morgan fingerprint density at radius 2 is 2.00 bits per heavy atom. The average molecular weight is 308 g/mol. The smallest absolute Gasteiger partial charge is 0.221 e. The average Bonchev–Trinajstić information content (AvgIpc) is 2.99. The van der Waals surface area contributed by atoms with Crippen LogP contribution >= 0.6 is 0 Å². The molecule has 0 aliphatic rings. The summed E-state index contributed by atoms with van der Waals surface area (Å²) in [5.41, 5.74) is 9.20. The van der Waals surface area contributed by atoms with Crippen molar-refractivity contribution in [3.63, 3.8) is 0 Å². The lowest BCUT2D eigenvalue weighted by Crippen LogP contribution is -2.13. The van der Waals surface area contributed by atoms with E-state index in [9.17, 15) is 4.79 Å². The van der Waals surface area contributed by atoms with E-state index in [-0.39, 0.29) is 12.3 Å². The van der Waals surface area contributed by atoms with Gasteiger partial charge in [0, 0.05) is 17.6 Å². The molecule has 118 valence electrons. The third-order valence-corrected chi connectivity index (χ3v) is 4.08.